The quantitative estimate of drug-likeness (QED) is 0.509. The Labute approximate surface area is 196 Å². The van der Waals surface area contributed by atoms with Gasteiger partial charge in [0.2, 0.25) is 21.8 Å². The number of carbonyl (C=O) groups excluding carboxylic acids is 2. The number of sulfonamides is 1. The highest BCUT2D eigenvalue weighted by atomic mass is 32.2. The summed E-state index contributed by atoms with van der Waals surface area (Å²) in [5.41, 5.74) is 1.12. The van der Waals surface area contributed by atoms with Gasteiger partial charge < -0.3 is 15.0 Å². The third kappa shape index (κ3) is 7.21. The molecule has 180 valence electrons. The van der Waals surface area contributed by atoms with Crippen LogP contribution in [0.1, 0.15) is 32.8 Å². The molecular formula is C24H33N3O5S. The number of ether oxygens (including phenoxy) is 1. The van der Waals surface area contributed by atoms with Crippen LogP contribution in [0.5, 0.6) is 5.75 Å². The van der Waals surface area contributed by atoms with E-state index >= 15 is 0 Å². The summed E-state index contributed by atoms with van der Waals surface area (Å²) in [5.74, 6) is -0.387. The third-order valence-electron chi connectivity index (χ3n) is 5.05. The molecule has 2 aromatic rings. The molecule has 1 atom stereocenters. The number of likely N-dealkylation sites (N-methyl/N-ethyl adjacent to an activating group) is 1. The second-order valence-electron chi connectivity index (χ2n) is 7.50. The zero-order valence-corrected chi connectivity index (χ0v) is 20.5. The first-order valence-corrected chi connectivity index (χ1v) is 12.9. The van der Waals surface area contributed by atoms with Crippen molar-refractivity contribution >= 4 is 27.5 Å². The van der Waals surface area contributed by atoms with Crippen LogP contribution in [0.25, 0.3) is 0 Å². The summed E-state index contributed by atoms with van der Waals surface area (Å²) < 4.78 is 32.0. The first-order chi connectivity index (χ1) is 15.7. The number of rotatable bonds is 12. The molecule has 2 amide bonds. The van der Waals surface area contributed by atoms with Crippen molar-refractivity contribution in [3.8, 4) is 5.75 Å². The van der Waals surface area contributed by atoms with Crippen LogP contribution in [0.2, 0.25) is 0 Å². The van der Waals surface area contributed by atoms with Gasteiger partial charge in [0.15, 0.2) is 0 Å². The van der Waals surface area contributed by atoms with E-state index in [4.69, 9.17) is 4.74 Å². The Morgan fingerprint density at radius 1 is 1.00 bits per heavy atom. The van der Waals surface area contributed by atoms with Crippen molar-refractivity contribution in [2.75, 3.05) is 30.3 Å². The van der Waals surface area contributed by atoms with Crippen molar-refractivity contribution in [1.82, 2.24) is 10.2 Å². The number of nitrogens with zero attached hydrogens (tertiary/aromatic N) is 2. The lowest BCUT2D eigenvalue weighted by molar-refractivity contribution is -0.140. The molecule has 0 fully saturated rings. The van der Waals surface area contributed by atoms with Crippen molar-refractivity contribution in [3.63, 3.8) is 0 Å². The summed E-state index contributed by atoms with van der Waals surface area (Å²) in [4.78, 5) is 27.7. The van der Waals surface area contributed by atoms with Crippen molar-refractivity contribution in [1.29, 1.82) is 0 Å². The van der Waals surface area contributed by atoms with E-state index in [1.54, 1.807) is 31.2 Å². The van der Waals surface area contributed by atoms with Gasteiger partial charge in [0, 0.05) is 13.1 Å². The molecule has 0 aliphatic heterocycles. The molecule has 33 heavy (non-hydrogen) atoms. The number of hydrogen-bond donors (Lipinski definition) is 1. The molecule has 0 radical (unpaired) electrons. The zero-order valence-electron chi connectivity index (χ0n) is 19.7. The zero-order chi connectivity index (χ0) is 24.4. The van der Waals surface area contributed by atoms with Gasteiger partial charge in [-0.25, -0.2) is 8.42 Å². The van der Waals surface area contributed by atoms with Crippen molar-refractivity contribution in [2.45, 2.75) is 39.8 Å². The van der Waals surface area contributed by atoms with E-state index in [0.717, 1.165) is 16.1 Å². The molecule has 0 heterocycles. The van der Waals surface area contributed by atoms with Crippen molar-refractivity contribution in [2.24, 2.45) is 0 Å². The van der Waals surface area contributed by atoms with Gasteiger partial charge in [-0.1, -0.05) is 49.4 Å². The maximum atomic E-state index is 13.6. The van der Waals surface area contributed by atoms with E-state index in [0.29, 0.717) is 25.3 Å². The van der Waals surface area contributed by atoms with E-state index in [1.165, 1.54) is 4.90 Å². The largest absolute Gasteiger partial charge is 0.492 e. The second kappa shape index (κ2) is 12.2. The Kier molecular flexibility index (Phi) is 9.72. The van der Waals surface area contributed by atoms with E-state index in [1.807, 2.05) is 44.2 Å². The van der Waals surface area contributed by atoms with E-state index < -0.39 is 28.5 Å². The summed E-state index contributed by atoms with van der Waals surface area (Å²) in [5, 5.41) is 2.77. The third-order valence-corrected chi connectivity index (χ3v) is 6.17. The van der Waals surface area contributed by atoms with Crippen LogP contribution >= 0.6 is 0 Å². The van der Waals surface area contributed by atoms with Gasteiger partial charge in [-0.2, -0.15) is 0 Å². The molecule has 0 aliphatic carbocycles. The molecule has 0 spiro atoms. The number of amides is 2. The molecule has 0 bridgehead atoms. The number of anilines is 1. The fraction of sp³-hybridized carbons (Fsp3) is 0.417. The highest BCUT2D eigenvalue weighted by Crippen LogP contribution is 2.30. The van der Waals surface area contributed by atoms with Gasteiger partial charge >= 0.3 is 0 Å². The summed E-state index contributed by atoms with van der Waals surface area (Å²) in [6.07, 6.45) is 1.43. The smallest absolute Gasteiger partial charge is 0.244 e. The van der Waals surface area contributed by atoms with Crippen molar-refractivity contribution < 1.29 is 22.7 Å². The predicted octanol–water partition coefficient (Wildman–Crippen LogP) is 2.79. The Balaban J connectivity index is 2.45. The van der Waals surface area contributed by atoms with Crippen LogP contribution in [0, 0.1) is 0 Å². The maximum absolute atomic E-state index is 13.6. The molecule has 8 nitrogen and oxygen atoms in total. The monoisotopic (exact) mass is 475 g/mol. The van der Waals surface area contributed by atoms with Gasteiger partial charge in [0.05, 0.1) is 18.6 Å². The lowest BCUT2D eigenvalue weighted by Crippen LogP contribution is -2.52. The molecule has 2 rings (SSSR count). The predicted molar refractivity (Wildman–Crippen MR) is 130 cm³/mol. The molecule has 0 aliphatic rings. The minimum Gasteiger partial charge on any atom is -0.492 e. The molecule has 0 saturated carbocycles. The summed E-state index contributed by atoms with van der Waals surface area (Å²) >= 11 is 0. The Morgan fingerprint density at radius 2 is 1.64 bits per heavy atom. The maximum Gasteiger partial charge on any atom is 0.244 e. The Hall–Kier alpha value is -3.07. The van der Waals surface area contributed by atoms with Crippen LogP contribution in [-0.2, 0) is 26.2 Å². The Morgan fingerprint density at radius 3 is 2.21 bits per heavy atom. The molecule has 1 N–H and O–H groups in total. The van der Waals surface area contributed by atoms with Gasteiger partial charge in [-0.3, -0.25) is 13.9 Å². The topological polar surface area (TPSA) is 96.0 Å². The minimum atomic E-state index is -3.82. The van der Waals surface area contributed by atoms with E-state index in [2.05, 4.69) is 5.32 Å². The number of carbonyl (C=O) groups is 2. The minimum absolute atomic E-state index is 0.181. The highest BCUT2D eigenvalue weighted by molar-refractivity contribution is 7.92. The fourth-order valence-corrected chi connectivity index (χ4v) is 4.38. The van der Waals surface area contributed by atoms with Gasteiger partial charge in [0.1, 0.15) is 18.3 Å². The Bertz CT molecular complexity index is 1030. The summed E-state index contributed by atoms with van der Waals surface area (Å²) in [6, 6.07) is 15.3. The van der Waals surface area contributed by atoms with Crippen LogP contribution in [0.15, 0.2) is 54.6 Å². The van der Waals surface area contributed by atoms with Gasteiger partial charge in [0.25, 0.3) is 0 Å². The second-order valence-corrected chi connectivity index (χ2v) is 9.40. The van der Waals surface area contributed by atoms with Crippen LogP contribution in [-0.4, -0.2) is 57.1 Å². The SMILES string of the molecule is CCNC(=O)[C@@H](CC)N(Cc1ccccc1)C(=O)CN(c1ccccc1OCC)S(C)(=O)=O. The van der Waals surface area contributed by atoms with Crippen LogP contribution in [0.3, 0.4) is 0 Å². The summed E-state index contributed by atoms with van der Waals surface area (Å²) in [7, 11) is -3.82. The molecule has 9 heteroatoms. The lowest BCUT2D eigenvalue weighted by atomic mass is 10.1. The van der Waals surface area contributed by atoms with Crippen LogP contribution in [0.4, 0.5) is 5.69 Å². The molecule has 0 saturated heterocycles. The molecule has 0 unspecified atom stereocenters. The number of benzene rings is 2. The molecule has 2 aromatic carbocycles. The standard InChI is InChI=1S/C24H33N3O5S/c1-5-20(24(29)25-6-2)26(17-19-13-9-8-10-14-19)23(28)18-27(33(4,30)31)21-15-11-12-16-22(21)32-7-3/h8-16,20H,5-7,17-18H2,1-4H3,(H,25,29)/t20-/m1/s1. The average molecular weight is 476 g/mol. The van der Waals surface area contributed by atoms with E-state index in [-0.39, 0.29) is 18.1 Å². The number of hydrogen-bond acceptors (Lipinski definition) is 5. The molecule has 0 aromatic heterocycles. The van der Waals surface area contributed by atoms with Gasteiger partial charge in [-0.05, 0) is 38.0 Å². The molecular weight excluding hydrogens is 442 g/mol. The lowest BCUT2D eigenvalue weighted by Gasteiger charge is -2.33. The highest BCUT2D eigenvalue weighted by Gasteiger charge is 2.32. The summed E-state index contributed by atoms with van der Waals surface area (Å²) in [6.45, 7) is 5.93. The normalized spacial score (nSPS) is 12.0. The van der Waals surface area contributed by atoms with Crippen LogP contribution < -0.4 is 14.4 Å². The number of para-hydroxylation sites is 2. The van der Waals surface area contributed by atoms with Gasteiger partial charge in [-0.15, -0.1) is 0 Å². The van der Waals surface area contributed by atoms with E-state index in [9.17, 15) is 18.0 Å². The first-order valence-electron chi connectivity index (χ1n) is 11.0. The van der Waals surface area contributed by atoms with Crippen molar-refractivity contribution in [3.05, 3.63) is 60.2 Å². The average Bonchev–Trinajstić information content (AvgIpc) is 2.78. The fourth-order valence-electron chi connectivity index (χ4n) is 3.53. The first kappa shape index (κ1) is 26.2. The number of nitrogens with one attached hydrogen (secondary N) is 1.